The van der Waals surface area contributed by atoms with Crippen molar-refractivity contribution in [3.63, 3.8) is 0 Å². The number of nitrogens with zero attached hydrogens (tertiary/aromatic N) is 7. The molecule has 4 N–H and O–H groups in total. The number of imidazole rings is 2. The molecule has 16 nitrogen and oxygen atoms in total. The molecular formula is C58H66F7N11O5. The molecule has 432 valence electrons. The molecule has 0 bridgehead atoms. The molecule has 23 heteroatoms. The SMILES string of the molecule is CCC(=O)N[C@H](C(=O)N1CCC[C@H]1c1nc2cc(F)c([C@H]3CC[C@H](c4cc5[nH]c(C6CCCN6C(=O)[C@@H](NC(=O)OC)C(C)C)nc5cc4F)N3c3cc(F)c(N4CCN(c5ccc(C(F)(F)F)cc5)CC4)c(F)c3)cc2[nH]1)C(C)C. The number of H-pyrrole nitrogens is 2. The van der Waals surface area contributed by atoms with Crippen LogP contribution in [0.1, 0.15) is 132 Å². The van der Waals surface area contributed by atoms with E-state index >= 15 is 17.6 Å². The summed E-state index contributed by atoms with van der Waals surface area (Å²) in [5, 5.41) is 5.49. The van der Waals surface area contributed by atoms with Crippen LogP contribution in [-0.2, 0) is 25.3 Å². The van der Waals surface area contributed by atoms with E-state index in [1.807, 2.05) is 18.7 Å². The summed E-state index contributed by atoms with van der Waals surface area (Å²) in [7, 11) is 1.21. The molecule has 0 radical (unpaired) electrons. The number of hydrogen-bond donors (Lipinski definition) is 4. The number of nitrogens with one attached hydrogen (secondary N) is 4. The van der Waals surface area contributed by atoms with Gasteiger partial charge in [0.2, 0.25) is 17.7 Å². The lowest BCUT2D eigenvalue weighted by atomic mass is 10.0. The number of ether oxygens (including phenoxy) is 1. The van der Waals surface area contributed by atoms with Gasteiger partial charge in [0.25, 0.3) is 0 Å². The van der Waals surface area contributed by atoms with Gasteiger partial charge in [0.1, 0.15) is 41.1 Å². The number of rotatable bonds is 14. The van der Waals surface area contributed by atoms with Gasteiger partial charge in [0, 0.05) is 80.3 Å². The van der Waals surface area contributed by atoms with Crippen molar-refractivity contribution in [1.82, 2.24) is 40.4 Å². The van der Waals surface area contributed by atoms with Crippen LogP contribution in [-0.4, -0.2) is 112 Å². The standard InChI is InChI=1S/C58H66F7N11O5/c1-7-49(77)70-50(30(2)3)55(78)74-18-8-10-47(74)53-66-41-26-35(37(59)28-43(41)68-53)45-16-17-46(36-27-42-44(29-38(36)60)69-54(67-42)48-11-9-19-75(48)56(79)51(31(4)5)71-57(80)81-6)76(45)34-24-39(61)52(40(62)25-34)73-22-20-72(21-23-73)33-14-12-32(13-15-33)58(63,64)65/h12-15,24-31,45-48,50-51H,7-11,16-23H2,1-6H3,(H,66,68)(H,67,69)(H,70,77)(H,71,80)/t45-,46-,47+,48?,50+,51+/m1/s1. The molecule has 6 atom stereocenters. The van der Waals surface area contributed by atoms with Crippen LogP contribution in [0, 0.1) is 35.1 Å². The van der Waals surface area contributed by atoms with Gasteiger partial charge in [-0.2, -0.15) is 13.2 Å². The van der Waals surface area contributed by atoms with Gasteiger partial charge in [0.15, 0.2) is 11.6 Å². The summed E-state index contributed by atoms with van der Waals surface area (Å²) >= 11 is 0. The zero-order chi connectivity index (χ0) is 57.8. The topological polar surface area (TPSA) is 175 Å². The van der Waals surface area contributed by atoms with Crippen LogP contribution in [0.25, 0.3) is 22.1 Å². The lowest BCUT2D eigenvalue weighted by Crippen LogP contribution is -2.51. The van der Waals surface area contributed by atoms with Crippen molar-refractivity contribution in [2.45, 2.75) is 122 Å². The van der Waals surface area contributed by atoms with E-state index < -0.39 is 77.4 Å². The summed E-state index contributed by atoms with van der Waals surface area (Å²) in [6.07, 6.45) is -2.24. The molecule has 0 saturated carbocycles. The van der Waals surface area contributed by atoms with Crippen LogP contribution >= 0.6 is 0 Å². The molecule has 10 rings (SSSR count). The third-order valence-electron chi connectivity index (χ3n) is 16.5. The average Bonchev–Trinajstić information content (AvgIpc) is 3.97. The first-order valence-corrected chi connectivity index (χ1v) is 27.7. The number of methoxy groups -OCH3 is 1. The first kappa shape index (κ1) is 56.7. The molecule has 4 amide bonds. The number of amides is 4. The fraction of sp³-hybridized carbons (Fsp3) is 0.483. The number of hydrogen-bond acceptors (Lipinski definition) is 10. The Morgan fingerprint density at radius 3 is 1.53 bits per heavy atom. The van der Waals surface area contributed by atoms with Crippen molar-refractivity contribution in [3.8, 4) is 0 Å². The highest BCUT2D eigenvalue weighted by molar-refractivity contribution is 5.89. The Kier molecular flexibility index (Phi) is 15.9. The van der Waals surface area contributed by atoms with Gasteiger partial charge in [-0.3, -0.25) is 14.4 Å². The molecule has 0 spiro atoms. The van der Waals surface area contributed by atoms with Crippen molar-refractivity contribution in [3.05, 3.63) is 112 Å². The number of aromatic nitrogens is 4. The number of piperazine rings is 1. The van der Waals surface area contributed by atoms with E-state index in [0.29, 0.717) is 67.1 Å². The number of benzene rings is 4. The van der Waals surface area contributed by atoms with Gasteiger partial charge in [-0.1, -0.05) is 34.6 Å². The van der Waals surface area contributed by atoms with E-state index in [1.54, 1.807) is 47.6 Å². The van der Waals surface area contributed by atoms with Crippen LogP contribution in [0.5, 0.6) is 0 Å². The minimum absolute atomic E-state index is 0.00888. The Bertz CT molecular complexity index is 3170. The lowest BCUT2D eigenvalue weighted by Gasteiger charge is -2.38. The highest BCUT2D eigenvalue weighted by Crippen LogP contribution is 2.50. The Morgan fingerprint density at radius 2 is 1.09 bits per heavy atom. The predicted octanol–water partition coefficient (Wildman–Crippen LogP) is 10.7. The molecule has 6 aromatic rings. The van der Waals surface area contributed by atoms with Crippen LogP contribution in [0.2, 0.25) is 0 Å². The molecule has 4 aromatic carbocycles. The minimum atomic E-state index is -4.51. The molecule has 4 aliphatic heterocycles. The van der Waals surface area contributed by atoms with Gasteiger partial charge < -0.3 is 49.8 Å². The fourth-order valence-electron chi connectivity index (χ4n) is 12.3. The lowest BCUT2D eigenvalue weighted by molar-refractivity contribution is -0.138. The van der Waals surface area contributed by atoms with Gasteiger partial charge in [-0.25, -0.2) is 32.3 Å². The zero-order valence-corrected chi connectivity index (χ0v) is 45.9. The molecule has 0 aliphatic carbocycles. The molecule has 4 aliphatic rings. The van der Waals surface area contributed by atoms with Crippen LogP contribution in [0.15, 0.2) is 60.7 Å². The van der Waals surface area contributed by atoms with Crippen LogP contribution < -0.4 is 25.3 Å². The Morgan fingerprint density at radius 1 is 0.617 bits per heavy atom. The monoisotopic (exact) mass is 1130 g/mol. The third kappa shape index (κ3) is 11.2. The number of likely N-dealkylation sites (tertiary alicyclic amines) is 2. The fourth-order valence-corrected chi connectivity index (χ4v) is 12.3. The summed E-state index contributed by atoms with van der Waals surface area (Å²) in [4.78, 5) is 77.2. The number of carbonyl (C=O) groups is 4. The van der Waals surface area contributed by atoms with Crippen LogP contribution in [0.4, 0.5) is 52.6 Å². The Hall–Kier alpha value is -7.59. The number of anilines is 3. The summed E-state index contributed by atoms with van der Waals surface area (Å²) in [5.41, 5.74) is 1.10. The highest BCUT2D eigenvalue weighted by Gasteiger charge is 2.43. The van der Waals surface area contributed by atoms with Gasteiger partial charge >= 0.3 is 12.3 Å². The molecule has 6 heterocycles. The number of carbonyl (C=O) groups excluding carboxylic acids is 4. The molecule has 4 saturated heterocycles. The first-order chi connectivity index (χ1) is 38.6. The van der Waals surface area contributed by atoms with E-state index in [4.69, 9.17) is 14.7 Å². The third-order valence-corrected chi connectivity index (χ3v) is 16.5. The average molecular weight is 1130 g/mol. The van der Waals surface area contributed by atoms with Crippen molar-refractivity contribution >= 4 is 62.9 Å². The van der Waals surface area contributed by atoms with Gasteiger partial charge in [-0.15, -0.1) is 0 Å². The maximum Gasteiger partial charge on any atom is 0.416 e. The second-order valence-corrected chi connectivity index (χ2v) is 22.2. The zero-order valence-electron chi connectivity index (χ0n) is 45.9. The van der Waals surface area contributed by atoms with Gasteiger partial charge in [-0.05, 0) is 98.9 Å². The summed E-state index contributed by atoms with van der Waals surface area (Å²) in [5.74, 6) is -3.70. The van der Waals surface area contributed by atoms with Crippen LogP contribution in [0.3, 0.4) is 0 Å². The number of fused-ring (bicyclic) bond motifs is 2. The normalized spacial score (nSPS) is 20.6. The van der Waals surface area contributed by atoms with Crippen molar-refractivity contribution < 1.29 is 54.6 Å². The second kappa shape index (κ2) is 22.7. The van der Waals surface area contributed by atoms with Crippen molar-refractivity contribution in [2.75, 3.05) is 61.1 Å². The number of aromatic amines is 2. The Balaban J connectivity index is 0.986. The summed E-state index contributed by atoms with van der Waals surface area (Å²) in [6, 6.07) is 8.22. The highest BCUT2D eigenvalue weighted by atomic mass is 19.4. The second-order valence-electron chi connectivity index (χ2n) is 22.2. The number of halogens is 7. The number of alkyl halides is 3. The maximum absolute atomic E-state index is 17.0. The van der Waals surface area contributed by atoms with E-state index in [2.05, 4.69) is 20.6 Å². The number of alkyl carbamates (subject to hydrolysis) is 1. The smallest absolute Gasteiger partial charge is 0.416 e. The van der Waals surface area contributed by atoms with Crippen molar-refractivity contribution in [1.29, 1.82) is 0 Å². The Labute approximate surface area is 463 Å². The van der Waals surface area contributed by atoms with E-state index in [0.717, 1.165) is 24.3 Å². The molecule has 2 aromatic heterocycles. The van der Waals surface area contributed by atoms with Crippen molar-refractivity contribution in [2.24, 2.45) is 11.8 Å². The van der Waals surface area contributed by atoms with E-state index in [1.165, 1.54) is 36.3 Å². The molecular weight excluding hydrogens is 1060 g/mol. The minimum Gasteiger partial charge on any atom is -0.453 e. The van der Waals surface area contributed by atoms with E-state index in [-0.39, 0.29) is 109 Å². The maximum atomic E-state index is 17.0. The quantitative estimate of drug-likeness (QED) is 0.0769. The summed E-state index contributed by atoms with van der Waals surface area (Å²) in [6.45, 7) is 10.6. The first-order valence-electron chi connectivity index (χ1n) is 27.7. The molecule has 81 heavy (non-hydrogen) atoms. The predicted molar refractivity (Wildman–Crippen MR) is 290 cm³/mol. The molecule has 4 fully saturated rings. The van der Waals surface area contributed by atoms with Gasteiger partial charge in [0.05, 0.1) is 58.9 Å². The summed E-state index contributed by atoms with van der Waals surface area (Å²) < 4.78 is 112. The largest absolute Gasteiger partial charge is 0.453 e. The molecule has 1 unspecified atom stereocenters. The van der Waals surface area contributed by atoms with E-state index in [9.17, 15) is 32.3 Å².